The zero-order valence-electron chi connectivity index (χ0n) is 21.8. The highest BCUT2D eigenvalue weighted by Crippen LogP contribution is 2.15. The molecule has 0 unspecified atom stereocenters. The van der Waals surface area contributed by atoms with E-state index < -0.39 is 0 Å². The van der Waals surface area contributed by atoms with E-state index in [4.69, 9.17) is 21.1 Å². The minimum atomic E-state index is 0.668. The van der Waals surface area contributed by atoms with E-state index in [1.54, 1.807) is 0 Å². The molecule has 0 aromatic heterocycles. The van der Waals surface area contributed by atoms with Gasteiger partial charge in [0.2, 0.25) is 0 Å². The van der Waals surface area contributed by atoms with Gasteiger partial charge in [0.05, 0.1) is 13.2 Å². The number of halogens is 1. The molecule has 1 rings (SSSR count). The molecular formula is C30H53ClO2. The van der Waals surface area contributed by atoms with Crippen molar-refractivity contribution in [3.05, 3.63) is 35.4 Å². The summed E-state index contributed by atoms with van der Waals surface area (Å²) in [6, 6.07) is 8.47. The molecule has 0 atom stereocenters. The summed E-state index contributed by atoms with van der Waals surface area (Å²) >= 11 is 5.71. The van der Waals surface area contributed by atoms with E-state index in [1.165, 1.54) is 114 Å². The van der Waals surface area contributed by atoms with Crippen molar-refractivity contribution < 1.29 is 9.47 Å². The Labute approximate surface area is 211 Å². The van der Waals surface area contributed by atoms with E-state index in [-0.39, 0.29) is 0 Å². The van der Waals surface area contributed by atoms with Crippen LogP contribution in [0, 0.1) is 0 Å². The Hall–Kier alpha value is -0.570. The van der Waals surface area contributed by atoms with Gasteiger partial charge in [0.1, 0.15) is 0 Å². The zero-order chi connectivity index (χ0) is 23.7. The van der Waals surface area contributed by atoms with Crippen LogP contribution in [0.2, 0.25) is 0 Å². The fourth-order valence-electron chi connectivity index (χ4n) is 4.25. The molecule has 1 aromatic rings. The van der Waals surface area contributed by atoms with Crippen LogP contribution in [-0.2, 0) is 22.7 Å². The van der Waals surface area contributed by atoms with Gasteiger partial charge < -0.3 is 9.47 Å². The maximum absolute atomic E-state index is 5.95. The van der Waals surface area contributed by atoms with Crippen LogP contribution < -0.4 is 0 Å². The lowest BCUT2D eigenvalue weighted by Gasteiger charge is -2.11. The number of alkyl halides is 1. The van der Waals surface area contributed by atoms with Crippen molar-refractivity contribution in [1.82, 2.24) is 0 Å². The maximum atomic E-state index is 5.95. The lowest BCUT2D eigenvalue weighted by Crippen LogP contribution is -2.02. The smallest absolute Gasteiger partial charge is 0.0720 e. The van der Waals surface area contributed by atoms with Crippen LogP contribution in [0.25, 0.3) is 0 Å². The fraction of sp³-hybridized carbons (Fsp3) is 0.800. The first-order valence-electron chi connectivity index (χ1n) is 14.2. The quantitative estimate of drug-likeness (QED) is 0.102. The summed E-state index contributed by atoms with van der Waals surface area (Å²) < 4.78 is 11.7. The van der Waals surface area contributed by atoms with Crippen LogP contribution in [0.5, 0.6) is 0 Å². The molecule has 1 aromatic carbocycles. The van der Waals surface area contributed by atoms with Gasteiger partial charge in [0.25, 0.3) is 0 Å². The molecule has 33 heavy (non-hydrogen) atoms. The van der Waals surface area contributed by atoms with Crippen LogP contribution in [0.1, 0.15) is 134 Å². The molecule has 0 spiro atoms. The minimum Gasteiger partial charge on any atom is -0.377 e. The molecule has 0 heterocycles. The van der Waals surface area contributed by atoms with Gasteiger partial charge in [-0.25, -0.2) is 0 Å². The molecule has 0 saturated heterocycles. The van der Waals surface area contributed by atoms with E-state index in [2.05, 4.69) is 31.2 Å². The Morgan fingerprint density at radius 2 is 0.879 bits per heavy atom. The average Bonchev–Trinajstić information content (AvgIpc) is 2.84. The van der Waals surface area contributed by atoms with Gasteiger partial charge in [-0.1, -0.05) is 128 Å². The molecule has 0 aliphatic heterocycles. The van der Waals surface area contributed by atoms with Crippen molar-refractivity contribution in [3.63, 3.8) is 0 Å². The van der Waals surface area contributed by atoms with E-state index in [9.17, 15) is 0 Å². The molecule has 2 nitrogen and oxygen atoms in total. The molecule has 0 N–H and O–H groups in total. The number of hydrogen-bond acceptors (Lipinski definition) is 2. The highest BCUT2D eigenvalue weighted by atomic mass is 35.5. The second-order valence-corrected chi connectivity index (χ2v) is 9.95. The Morgan fingerprint density at radius 3 is 1.27 bits per heavy atom. The molecule has 0 fully saturated rings. The fourth-order valence-corrected chi connectivity index (χ4v) is 4.44. The van der Waals surface area contributed by atoms with Gasteiger partial charge in [-0.3, -0.25) is 0 Å². The van der Waals surface area contributed by atoms with Gasteiger partial charge in [-0.2, -0.15) is 0 Å². The molecule has 0 saturated carbocycles. The molecule has 0 bridgehead atoms. The number of benzene rings is 1. The van der Waals surface area contributed by atoms with Gasteiger partial charge in [-0.15, -0.1) is 11.6 Å². The molecular weight excluding hydrogens is 428 g/mol. The van der Waals surface area contributed by atoms with Gasteiger partial charge >= 0.3 is 0 Å². The first-order chi connectivity index (χ1) is 16.4. The van der Waals surface area contributed by atoms with Gasteiger partial charge in [0, 0.05) is 19.1 Å². The van der Waals surface area contributed by atoms with Crippen LogP contribution >= 0.6 is 11.6 Å². The minimum absolute atomic E-state index is 0.668. The Morgan fingerprint density at radius 1 is 0.515 bits per heavy atom. The van der Waals surface area contributed by atoms with Crippen molar-refractivity contribution in [2.75, 3.05) is 19.1 Å². The molecule has 192 valence electrons. The Balaban J connectivity index is 1.87. The van der Waals surface area contributed by atoms with Crippen molar-refractivity contribution in [2.45, 2.75) is 136 Å². The van der Waals surface area contributed by atoms with E-state index in [1.807, 2.05) is 0 Å². The summed E-state index contributed by atoms with van der Waals surface area (Å²) in [7, 11) is 0. The molecule has 0 radical (unpaired) electrons. The van der Waals surface area contributed by atoms with Crippen LogP contribution in [0.3, 0.4) is 0 Å². The Bertz CT molecular complexity index is 520. The lowest BCUT2D eigenvalue weighted by atomic mass is 10.0. The predicted octanol–water partition coefficient (Wildman–Crippen LogP) is 10.0. The van der Waals surface area contributed by atoms with Crippen molar-refractivity contribution in [1.29, 1.82) is 0 Å². The van der Waals surface area contributed by atoms with E-state index in [0.717, 1.165) is 26.1 Å². The maximum Gasteiger partial charge on any atom is 0.0720 e. The first kappa shape index (κ1) is 30.5. The van der Waals surface area contributed by atoms with E-state index >= 15 is 0 Å². The largest absolute Gasteiger partial charge is 0.377 e. The lowest BCUT2D eigenvalue weighted by molar-refractivity contribution is 0.104. The highest BCUT2D eigenvalue weighted by molar-refractivity contribution is 6.17. The average molecular weight is 481 g/mol. The molecule has 0 aliphatic carbocycles. The monoisotopic (exact) mass is 480 g/mol. The zero-order valence-corrected chi connectivity index (χ0v) is 22.5. The molecule has 0 amide bonds. The number of ether oxygens (including phenoxy) is 2. The number of rotatable bonds is 25. The van der Waals surface area contributed by atoms with Gasteiger partial charge in [0.15, 0.2) is 0 Å². The first-order valence-corrected chi connectivity index (χ1v) is 14.7. The van der Waals surface area contributed by atoms with Crippen molar-refractivity contribution >= 4 is 11.6 Å². The Kier molecular flexibility index (Phi) is 22.7. The van der Waals surface area contributed by atoms with E-state index in [0.29, 0.717) is 19.1 Å². The third-order valence-corrected chi connectivity index (χ3v) is 6.72. The third kappa shape index (κ3) is 19.4. The van der Waals surface area contributed by atoms with Crippen LogP contribution in [0.15, 0.2) is 24.3 Å². The van der Waals surface area contributed by atoms with Crippen LogP contribution in [0.4, 0.5) is 0 Å². The summed E-state index contributed by atoms with van der Waals surface area (Å²) in [5.74, 6) is 0.715. The topological polar surface area (TPSA) is 18.5 Å². The molecule has 0 aliphatic rings. The van der Waals surface area contributed by atoms with Crippen LogP contribution in [-0.4, -0.2) is 19.1 Å². The number of unbranched alkanes of at least 4 members (excludes halogenated alkanes) is 16. The number of hydrogen-bond donors (Lipinski definition) is 0. The van der Waals surface area contributed by atoms with Gasteiger partial charge in [-0.05, 0) is 30.4 Å². The van der Waals surface area contributed by atoms with Crippen molar-refractivity contribution in [2.24, 2.45) is 0 Å². The molecule has 3 heteroatoms. The second kappa shape index (κ2) is 24.6. The summed E-state index contributed by atoms with van der Waals surface area (Å²) in [5.41, 5.74) is 2.50. The normalized spacial score (nSPS) is 11.3. The predicted molar refractivity (Wildman–Crippen MR) is 145 cm³/mol. The highest BCUT2D eigenvalue weighted by Gasteiger charge is 2.03. The SMILES string of the molecule is CCCCCCCCCCCCCCCCCCOCc1ccccc1COCCCCCl. The summed E-state index contributed by atoms with van der Waals surface area (Å²) in [5, 5.41) is 0. The summed E-state index contributed by atoms with van der Waals surface area (Å²) in [6.45, 7) is 5.30. The second-order valence-electron chi connectivity index (χ2n) is 9.57. The standard InChI is InChI=1S/C30H53ClO2/c1-2-3-4-5-6-7-8-9-10-11-12-13-14-15-16-20-25-32-27-29-22-17-18-23-30(29)28-33-26-21-19-24-31/h17-18,22-23H,2-16,19-21,24-28H2,1H3. The summed E-state index contributed by atoms with van der Waals surface area (Å²) in [4.78, 5) is 0. The summed E-state index contributed by atoms with van der Waals surface area (Å²) in [6.07, 6.45) is 24.5. The van der Waals surface area contributed by atoms with Crippen molar-refractivity contribution in [3.8, 4) is 0 Å². The third-order valence-electron chi connectivity index (χ3n) is 6.45.